The lowest BCUT2D eigenvalue weighted by atomic mass is 10.2. The SMILES string of the molecule is Cn1c[n+](CCCOc2cc(N)ccc2N)cc1CCOc1cc(N)ccc1N. The molecule has 2 aromatic carbocycles. The average Bonchev–Trinajstić information content (AvgIpc) is 3.04. The Hall–Kier alpha value is -3.55. The molecule has 29 heavy (non-hydrogen) atoms. The first-order valence-electron chi connectivity index (χ1n) is 9.52. The first-order chi connectivity index (χ1) is 13.9. The van der Waals surface area contributed by atoms with Crippen LogP contribution in [0.25, 0.3) is 0 Å². The maximum atomic E-state index is 5.91. The molecule has 1 aromatic heterocycles. The molecule has 0 aliphatic heterocycles. The van der Waals surface area contributed by atoms with E-state index in [1.807, 2.05) is 7.05 Å². The van der Waals surface area contributed by atoms with Crippen LogP contribution in [-0.2, 0) is 20.0 Å². The quantitative estimate of drug-likeness (QED) is 0.247. The minimum Gasteiger partial charge on any atom is -0.491 e. The number of anilines is 4. The molecule has 0 bridgehead atoms. The fraction of sp³-hybridized carbons (Fsp3) is 0.286. The van der Waals surface area contributed by atoms with Crippen LogP contribution in [0.3, 0.4) is 0 Å². The van der Waals surface area contributed by atoms with Crippen LogP contribution in [-0.4, -0.2) is 17.8 Å². The zero-order valence-corrected chi connectivity index (χ0v) is 16.7. The highest BCUT2D eigenvalue weighted by Gasteiger charge is 2.11. The van der Waals surface area contributed by atoms with Crippen molar-refractivity contribution in [3.05, 3.63) is 54.6 Å². The van der Waals surface area contributed by atoms with Crippen molar-refractivity contribution in [3.8, 4) is 11.5 Å². The van der Waals surface area contributed by atoms with E-state index in [1.165, 1.54) is 0 Å². The first-order valence-corrected chi connectivity index (χ1v) is 9.52. The van der Waals surface area contributed by atoms with Crippen LogP contribution < -0.4 is 37.0 Å². The summed E-state index contributed by atoms with van der Waals surface area (Å²) in [7, 11) is 2.02. The van der Waals surface area contributed by atoms with Gasteiger partial charge in [-0.3, -0.25) is 0 Å². The lowest BCUT2D eigenvalue weighted by Gasteiger charge is -2.08. The van der Waals surface area contributed by atoms with Crippen molar-refractivity contribution in [3.63, 3.8) is 0 Å². The largest absolute Gasteiger partial charge is 0.491 e. The number of nitrogen functional groups attached to an aromatic ring is 4. The minimum atomic E-state index is 0.517. The van der Waals surface area contributed by atoms with E-state index in [9.17, 15) is 0 Å². The Bertz CT molecular complexity index is 970. The topological polar surface area (TPSA) is 131 Å². The fourth-order valence-electron chi connectivity index (χ4n) is 3.02. The third-order valence-electron chi connectivity index (χ3n) is 4.60. The Balaban J connectivity index is 1.46. The molecule has 0 spiro atoms. The summed E-state index contributed by atoms with van der Waals surface area (Å²) in [4.78, 5) is 0. The van der Waals surface area contributed by atoms with E-state index in [2.05, 4.69) is 21.7 Å². The predicted molar refractivity (Wildman–Crippen MR) is 115 cm³/mol. The lowest BCUT2D eigenvalue weighted by molar-refractivity contribution is -0.697. The molecule has 8 N–H and O–H groups in total. The molecule has 0 saturated carbocycles. The number of rotatable bonds is 9. The molecule has 0 amide bonds. The van der Waals surface area contributed by atoms with Crippen molar-refractivity contribution < 1.29 is 14.0 Å². The predicted octanol–water partition coefficient (Wildman–Crippen LogP) is 1.73. The lowest BCUT2D eigenvalue weighted by Crippen LogP contribution is -2.31. The molecule has 8 nitrogen and oxygen atoms in total. The molecule has 0 fully saturated rings. The minimum absolute atomic E-state index is 0.517. The summed E-state index contributed by atoms with van der Waals surface area (Å²) in [5, 5.41) is 0. The molecule has 8 heteroatoms. The number of aryl methyl sites for hydroxylation is 2. The van der Waals surface area contributed by atoms with Crippen molar-refractivity contribution in [2.45, 2.75) is 19.4 Å². The normalized spacial score (nSPS) is 10.8. The summed E-state index contributed by atoms with van der Waals surface area (Å²) in [6, 6.07) is 10.5. The van der Waals surface area contributed by atoms with E-state index in [-0.39, 0.29) is 0 Å². The highest BCUT2D eigenvalue weighted by molar-refractivity contribution is 5.60. The standard InChI is InChI=1S/C21H29N6O2/c1-26-14-27(8-2-9-28-20-11-15(22)3-5-18(20)24)13-17(26)7-10-29-21-12-16(23)4-6-19(21)25/h3-6,11-14H,2,7-10,22-25H2,1H3/q+1. The molecule has 0 aliphatic rings. The van der Waals surface area contributed by atoms with Gasteiger partial charge < -0.3 is 32.4 Å². The van der Waals surface area contributed by atoms with Crippen LogP contribution in [0.15, 0.2) is 48.9 Å². The molecule has 0 unspecified atom stereocenters. The Morgan fingerprint density at radius 3 is 2.07 bits per heavy atom. The van der Waals surface area contributed by atoms with Gasteiger partial charge in [0.2, 0.25) is 6.33 Å². The van der Waals surface area contributed by atoms with Crippen molar-refractivity contribution in [1.82, 2.24) is 4.57 Å². The summed E-state index contributed by atoms with van der Waals surface area (Å²) < 4.78 is 15.7. The fourth-order valence-corrected chi connectivity index (χ4v) is 3.02. The summed E-state index contributed by atoms with van der Waals surface area (Å²) >= 11 is 0. The molecular weight excluding hydrogens is 368 g/mol. The molecular formula is C21H29N6O2+. The van der Waals surface area contributed by atoms with Crippen molar-refractivity contribution >= 4 is 22.7 Å². The van der Waals surface area contributed by atoms with Gasteiger partial charge in [0.1, 0.15) is 23.4 Å². The van der Waals surface area contributed by atoms with Gasteiger partial charge in [-0.2, -0.15) is 0 Å². The molecule has 3 rings (SSSR count). The number of aromatic nitrogens is 2. The second-order valence-electron chi connectivity index (χ2n) is 6.98. The van der Waals surface area contributed by atoms with Gasteiger partial charge in [0.25, 0.3) is 0 Å². The second kappa shape index (κ2) is 9.09. The summed E-state index contributed by atoms with van der Waals surface area (Å²) in [5.74, 6) is 1.24. The number of nitrogens with zero attached hydrogens (tertiary/aromatic N) is 2. The molecule has 154 valence electrons. The van der Waals surface area contributed by atoms with E-state index in [1.54, 1.807) is 36.4 Å². The highest BCUT2D eigenvalue weighted by Crippen LogP contribution is 2.24. The Morgan fingerprint density at radius 2 is 1.45 bits per heavy atom. The van der Waals surface area contributed by atoms with Gasteiger partial charge in [-0.25, -0.2) is 9.13 Å². The second-order valence-corrected chi connectivity index (χ2v) is 6.98. The number of ether oxygens (including phenoxy) is 2. The third kappa shape index (κ3) is 5.47. The summed E-state index contributed by atoms with van der Waals surface area (Å²) in [6.45, 7) is 1.91. The van der Waals surface area contributed by atoms with Crippen molar-refractivity contribution in [1.29, 1.82) is 0 Å². The van der Waals surface area contributed by atoms with Crippen LogP contribution in [0, 0.1) is 0 Å². The zero-order chi connectivity index (χ0) is 20.8. The third-order valence-corrected chi connectivity index (χ3v) is 4.60. The van der Waals surface area contributed by atoms with Gasteiger partial charge >= 0.3 is 0 Å². The van der Waals surface area contributed by atoms with Crippen LogP contribution in [0.5, 0.6) is 11.5 Å². The Labute approximate surface area is 170 Å². The van der Waals surface area contributed by atoms with E-state index in [4.69, 9.17) is 32.4 Å². The van der Waals surface area contributed by atoms with E-state index >= 15 is 0 Å². The first kappa shape index (κ1) is 20.2. The van der Waals surface area contributed by atoms with Gasteiger partial charge in [-0.15, -0.1) is 0 Å². The monoisotopic (exact) mass is 397 g/mol. The Morgan fingerprint density at radius 1 is 0.862 bits per heavy atom. The van der Waals surface area contributed by atoms with Crippen LogP contribution in [0.1, 0.15) is 12.1 Å². The van der Waals surface area contributed by atoms with Gasteiger partial charge in [-0.05, 0) is 24.3 Å². The van der Waals surface area contributed by atoms with Crippen molar-refractivity contribution in [2.75, 3.05) is 36.1 Å². The molecule has 1 heterocycles. The van der Waals surface area contributed by atoms with Crippen LogP contribution in [0.2, 0.25) is 0 Å². The van der Waals surface area contributed by atoms with E-state index in [0.717, 1.165) is 25.1 Å². The summed E-state index contributed by atoms with van der Waals surface area (Å²) in [6.07, 6.45) is 5.77. The zero-order valence-electron chi connectivity index (χ0n) is 16.7. The van der Waals surface area contributed by atoms with Gasteiger partial charge in [0.15, 0.2) is 0 Å². The maximum absolute atomic E-state index is 5.91. The van der Waals surface area contributed by atoms with Gasteiger partial charge in [-0.1, -0.05) is 0 Å². The van der Waals surface area contributed by atoms with Gasteiger partial charge in [0.05, 0.1) is 38.2 Å². The number of nitrogens with two attached hydrogens (primary N) is 4. The Kier molecular flexibility index (Phi) is 6.33. The van der Waals surface area contributed by atoms with Crippen LogP contribution >= 0.6 is 0 Å². The average molecular weight is 398 g/mol. The van der Waals surface area contributed by atoms with E-state index < -0.39 is 0 Å². The molecule has 0 aliphatic carbocycles. The smallest absolute Gasteiger partial charge is 0.243 e. The van der Waals surface area contributed by atoms with Crippen molar-refractivity contribution in [2.24, 2.45) is 7.05 Å². The maximum Gasteiger partial charge on any atom is 0.243 e. The molecule has 3 aromatic rings. The van der Waals surface area contributed by atoms with E-state index in [0.29, 0.717) is 47.5 Å². The molecule has 0 saturated heterocycles. The molecule has 0 radical (unpaired) electrons. The van der Waals surface area contributed by atoms with Crippen LogP contribution in [0.4, 0.5) is 22.7 Å². The number of imidazole rings is 1. The highest BCUT2D eigenvalue weighted by atomic mass is 16.5. The summed E-state index contributed by atoms with van der Waals surface area (Å²) in [5.41, 5.74) is 27.0. The van der Waals surface area contributed by atoms with Gasteiger partial charge in [0, 0.05) is 36.3 Å². The molecule has 0 atom stereocenters. The number of hydrogen-bond donors (Lipinski definition) is 4. The number of benzene rings is 2. The number of hydrogen-bond acceptors (Lipinski definition) is 6.